The highest BCUT2D eigenvalue weighted by Gasteiger charge is 2.14. The lowest BCUT2D eigenvalue weighted by Crippen LogP contribution is -1.99. The summed E-state index contributed by atoms with van der Waals surface area (Å²) in [5.41, 5.74) is -0.368. The van der Waals surface area contributed by atoms with Crippen molar-refractivity contribution in [1.29, 1.82) is 0 Å². The van der Waals surface area contributed by atoms with Gasteiger partial charge in [0.15, 0.2) is 11.6 Å². The van der Waals surface area contributed by atoms with E-state index < -0.39 is 23.6 Å². The van der Waals surface area contributed by atoms with Gasteiger partial charge in [-0.15, -0.1) is 0 Å². The SMILES string of the molecule is C[C@H](O)c1cc(F)cc(F)c1F. The molecule has 0 amide bonds. The normalized spacial score (nSPS) is 13.1. The van der Waals surface area contributed by atoms with Crippen molar-refractivity contribution in [1.82, 2.24) is 0 Å². The molecule has 0 aliphatic rings. The second-order valence-corrected chi connectivity index (χ2v) is 2.47. The lowest BCUT2D eigenvalue weighted by atomic mass is 10.1. The number of halogens is 3. The first-order valence-corrected chi connectivity index (χ1v) is 3.35. The van der Waals surface area contributed by atoms with Gasteiger partial charge in [-0.2, -0.15) is 0 Å². The summed E-state index contributed by atoms with van der Waals surface area (Å²) in [7, 11) is 0. The van der Waals surface area contributed by atoms with Crippen molar-refractivity contribution >= 4 is 0 Å². The van der Waals surface area contributed by atoms with E-state index in [1.807, 2.05) is 0 Å². The van der Waals surface area contributed by atoms with Gasteiger partial charge >= 0.3 is 0 Å². The molecule has 66 valence electrons. The standard InChI is InChI=1S/C8H7F3O/c1-4(12)6-2-5(9)3-7(10)8(6)11/h2-4,12H,1H3/t4-/m0/s1. The van der Waals surface area contributed by atoms with Gasteiger partial charge in [0.1, 0.15) is 5.82 Å². The number of aliphatic hydroxyl groups excluding tert-OH is 1. The van der Waals surface area contributed by atoms with Crippen LogP contribution in [0.5, 0.6) is 0 Å². The zero-order chi connectivity index (χ0) is 9.30. The van der Waals surface area contributed by atoms with E-state index in [-0.39, 0.29) is 5.56 Å². The lowest BCUT2D eigenvalue weighted by Gasteiger charge is -2.06. The molecule has 0 aromatic heterocycles. The minimum Gasteiger partial charge on any atom is -0.389 e. The van der Waals surface area contributed by atoms with Crippen LogP contribution in [0.3, 0.4) is 0 Å². The van der Waals surface area contributed by atoms with Gasteiger partial charge in [-0.05, 0) is 13.0 Å². The van der Waals surface area contributed by atoms with E-state index in [1.165, 1.54) is 6.92 Å². The third-order valence-electron chi connectivity index (χ3n) is 1.47. The van der Waals surface area contributed by atoms with E-state index in [0.29, 0.717) is 6.07 Å². The summed E-state index contributed by atoms with van der Waals surface area (Å²) in [4.78, 5) is 0. The Morgan fingerprint density at radius 3 is 2.33 bits per heavy atom. The van der Waals surface area contributed by atoms with Crippen molar-refractivity contribution in [2.24, 2.45) is 0 Å². The van der Waals surface area contributed by atoms with Crippen LogP contribution in [0, 0.1) is 17.5 Å². The van der Waals surface area contributed by atoms with E-state index in [2.05, 4.69) is 0 Å². The molecule has 1 aromatic rings. The zero-order valence-corrected chi connectivity index (χ0v) is 6.31. The van der Waals surface area contributed by atoms with Crippen molar-refractivity contribution in [3.8, 4) is 0 Å². The largest absolute Gasteiger partial charge is 0.389 e. The van der Waals surface area contributed by atoms with Gasteiger partial charge < -0.3 is 5.11 Å². The molecule has 0 bridgehead atoms. The fourth-order valence-corrected chi connectivity index (χ4v) is 0.880. The molecular formula is C8H7F3O. The molecular weight excluding hydrogens is 169 g/mol. The summed E-state index contributed by atoms with van der Waals surface area (Å²) >= 11 is 0. The van der Waals surface area contributed by atoms with Gasteiger partial charge in [0.2, 0.25) is 0 Å². The van der Waals surface area contributed by atoms with Crippen molar-refractivity contribution < 1.29 is 18.3 Å². The molecule has 1 nitrogen and oxygen atoms in total. The topological polar surface area (TPSA) is 20.2 Å². The van der Waals surface area contributed by atoms with Crippen molar-refractivity contribution in [2.75, 3.05) is 0 Å². The maximum absolute atomic E-state index is 12.7. The summed E-state index contributed by atoms with van der Waals surface area (Å²) in [5.74, 6) is -3.39. The maximum Gasteiger partial charge on any atom is 0.164 e. The molecule has 0 aliphatic carbocycles. The molecule has 1 rings (SSSR count). The lowest BCUT2D eigenvalue weighted by molar-refractivity contribution is 0.192. The summed E-state index contributed by atoms with van der Waals surface area (Å²) < 4.78 is 37.7. The van der Waals surface area contributed by atoms with Crippen LogP contribution in [0.2, 0.25) is 0 Å². The summed E-state index contributed by atoms with van der Waals surface area (Å²) in [5, 5.41) is 8.88. The van der Waals surface area contributed by atoms with Crippen LogP contribution in [0.1, 0.15) is 18.6 Å². The Morgan fingerprint density at radius 1 is 1.25 bits per heavy atom. The molecule has 0 aliphatic heterocycles. The second-order valence-electron chi connectivity index (χ2n) is 2.47. The fraction of sp³-hybridized carbons (Fsp3) is 0.250. The number of benzene rings is 1. The quantitative estimate of drug-likeness (QED) is 0.650. The second kappa shape index (κ2) is 3.15. The summed E-state index contributed by atoms with van der Waals surface area (Å²) in [6.45, 7) is 1.23. The van der Waals surface area contributed by atoms with Gasteiger partial charge in [0.05, 0.1) is 6.10 Å². The average molecular weight is 176 g/mol. The minimum atomic E-state index is -1.29. The first kappa shape index (κ1) is 9.06. The number of rotatable bonds is 1. The van der Waals surface area contributed by atoms with Gasteiger partial charge in [-0.25, -0.2) is 13.2 Å². The zero-order valence-electron chi connectivity index (χ0n) is 6.31. The van der Waals surface area contributed by atoms with Gasteiger partial charge in [0.25, 0.3) is 0 Å². The number of hydrogen-bond acceptors (Lipinski definition) is 1. The smallest absolute Gasteiger partial charge is 0.164 e. The third kappa shape index (κ3) is 1.58. The predicted octanol–water partition coefficient (Wildman–Crippen LogP) is 2.16. The first-order valence-electron chi connectivity index (χ1n) is 3.35. The summed E-state index contributed by atoms with van der Waals surface area (Å²) in [6.07, 6.45) is -1.21. The van der Waals surface area contributed by atoms with Crippen LogP contribution in [0.4, 0.5) is 13.2 Å². The van der Waals surface area contributed by atoms with Crippen molar-refractivity contribution in [2.45, 2.75) is 13.0 Å². The minimum absolute atomic E-state index is 0.368. The van der Waals surface area contributed by atoms with Crippen LogP contribution in [-0.4, -0.2) is 5.11 Å². The highest BCUT2D eigenvalue weighted by atomic mass is 19.2. The molecule has 1 N–H and O–H groups in total. The van der Waals surface area contributed by atoms with E-state index in [1.54, 1.807) is 0 Å². The van der Waals surface area contributed by atoms with E-state index in [4.69, 9.17) is 5.11 Å². The van der Waals surface area contributed by atoms with Crippen LogP contribution in [0.25, 0.3) is 0 Å². The van der Waals surface area contributed by atoms with Gasteiger partial charge in [-0.3, -0.25) is 0 Å². The predicted molar refractivity (Wildman–Crippen MR) is 36.9 cm³/mol. The first-order chi connectivity index (χ1) is 5.52. The van der Waals surface area contributed by atoms with E-state index in [9.17, 15) is 13.2 Å². The van der Waals surface area contributed by atoms with Crippen LogP contribution in [0.15, 0.2) is 12.1 Å². The monoisotopic (exact) mass is 176 g/mol. The van der Waals surface area contributed by atoms with Crippen molar-refractivity contribution in [3.63, 3.8) is 0 Å². The Kier molecular flexibility index (Phi) is 2.38. The third-order valence-corrected chi connectivity index (χ3v) is 1.47. The highest BCUT2D eigenvalue weighted by molar-refractivity contribution is 5.21. The maximum atomic E-state index is 12.7. The Bertz CT molecular complexity index is 297. The molecule has 0 spiro atoms. The molecule has 0 saturated carbocycles. The van der Waals surface area contributed by atoms with Crippen LogP contribution >= 0.6 is 0 Å². The van der Waals surface area contributed by atoms with Crippen LogP contribution < -0.4 is 0 Å². The van der Waals surface area contributed by atoms with E-state index >= 15 is 0 Å². The molecule has 0 heterocycles. The average Bonchev–Trinajstić information content (AvgIpc) is 1.96. The molecule has 4 heteroatoms. The number of hydrogen-bond donors (Lipinski definition) is 1. The molecule has 0 fully saturated rings. The fourth-order valence-electron chi connectivity index (χ4n) is 0.880. The van der Waals surface area contributed by atoms with Gasteiger partial charge in [0, 0.05) is 11.6 Å². The Hall–Kier alpha value is -1.03. The molecule has 12 heavy (non-hydrogen) atoms. The number of aliphatic hydroxyl groups is 1. The molecule has 0 radical (unpaired) electrons. The van der Waals surface area contributed by atoms with Crippen LogP contribution in [-0.2, 0) is 0 Å². The highest BCUT2D eigenvalue weighted by Crippen LogP contribution is 2.20. The molecule has 0 unspecified atom stereocenters. The van der Waals surface area contributed by atoms with E-state index in [0.717, 1.165) is 6.07 Å². The van der Waals surface area contributed by atoms with Gasteiger partial charge in [-0.1, -0.05) is 0 Å². The Balaban J connectivity index is 3.28. The Labute approximate surface area is 67.5 Å². The molecule has 1 aromatic carbocycles. The Morgan fingerprint density at radius 2 is 1.83 bits per heavy atom. The molecule has 1 atom stereocenters. The summed E-state index contributed by atoms with van der Waals surface area (Å²) in [6, 6.07) is 1.20. The molecule has 0 saturated heterocycles. The van der Waals surface area contributed by atoms with Crippen molar-refractivity contribution in [3.05, 3.63) is 35.1 Å².